The van der Waals surface area contributed by atoms with Crippen molar-refractivity contribution >= 4 is 11.9 Å². The van der Waals surface area contributed by atoms with E-state index < -0.39 is 5.97 Å². The van der Waals surface area contributed by atoms with E-state index in [1.807, 2.05) is 0 Å². The molecule has 0 aliphatic carbocycles. The third-order valence-electron chi connectivity index (χ3n) is 2.00. The summed E-state index contributed by atoms with van der Waals surface area (Å²) in [6.07, 6.45) is 0. The van der Waals surface area contributed by atoms with Crippen LogP contribution in [-0.4, -0.2) is 32.1 Å². The van der Waals surface area contributed by atoms with Gasteiger partial charge in [-0.1, -0.05) is 6.07 Å². The molecule has 1 rings (SSSR count). The molecular weight excluding hydrogens is 222 g/mol. The van der Waals surface area contributed by atoms with Crippen molar-refractivity contribution in [1.82, 2.24) is 5.32 Å². The normalized spacial score (nSPS) is 9.53. The Bertz CT molecular complexity index is 403. The maximum atomic E-state index is 11.3. The van der Waals surface area contributed by atoms with E-state index in [0.29, 0.717) is 24.5 Å². The Morgan fingerprint density at radius 3 is 2.76 bits per heavy atom. The van der Waals surface area contributed by atoms with Gasteiger partial charge in [-0.3, -0.25) is 4.79 Å². The predicted molar refractivity (Wildman–Crippen MR) is 62.0 cm³/mol. The first kappa shape index (κ1) is 13.0. The van der Waals surface area contributed by atoms with Gasteiger partial charge in [-0.25, -0.2) is 4.79 Å². The summed E-state index contributed by atoms with van der Waals surface area (Å²) in [4.78, 5) is 21.9. The quantitative estimate of drug-likeness (QED) is 0.612. The van der Waals surface area contributed by atoms with Crippen molar-refractivity contribution in [3.63, 3.8) is 0 Å². The minimum absolute atomic E-state index is 0.100. The minimum atomic E-state index is -0.405. The molecule has 0 saturated heterocycles. The second-order valence-electron chi connectivity index (χ2n) is 3.35. The van der Waals surface area contributed by atoms with E-state index in [1.54, 1.807) is 24.3 Å². The second-order valence-corrected chi connectivity index (χ2v) is 3.35. The first-order valence-electron chi connectivity index (χ1n) is 5.19. The maximum absolute atomic E-state index is 11.3. The van der Waals surface area contributed by atoms with Gasteiger partial charge in [-0.2, -0.15) is 0 Å². The minimum Gasteiger partial charge on any atom is -0.492 e. The van der Waals surface area contributed by atoms with Crippen molar-refractivity contribution < 1.29 is 19.1 Å². The fraction of sp³-hybridized carbons (Fsp3) is 0.333. The summed E-state index contributed by atoms with van der Waals surface area (Å²) in [6.45, 7) is 2.22. The van der Waals surface area contributed by atoms with Gasteiger partial charge < -0.3 is 14.8 Å². The summed E-state index contributed by atoms with van der Waals surface area (Å²) in [5.41, 5.74) is 0.435. The largest absolute Gasteiger partial charge is 0.492 e. The number of hydrogen-bond donors (Lipinski definition) is 1. The molecule has 0 saturated carbocycles. The number of carbonyl (C=O) groups is 2. The molecule has 1 N–H and O–H groups in total. The predicted octanol–water partition coefficient (Wildman–Crippen LogP) is 0.988. The highest BCUT2D eigenvalue weighted by Gasteiger charge is 2.05. The van der Waals surface area contributed by atoms with E-state index in [0.717, 1.165) is 0 Å². The fourth-order valence-corrected chi connectivity index (χ4v) is 1.23. The van der Waals surface area contributed by atoms with Crippen LogP contribution in [0.15, 0.2) is 24.3 Å². The van der Waals surface area contributed by atoms with Gasteiger partial charge in [0.05, 0.1) is 19.2 Å². The zero-order valence-corrected chi connectivity index (χ0v) is 9.86. The second kappa shape index (κ2) is 6.52. The molecule has 0 atom stereocenters. The topological polar surface area (TPSA) is 64.6 Å². The Kier molecular flexibility index (Phi) is 5.00. The van der Waals surface area contributed by atoms with Crippen LogP contribution in [0.5, 0.6) is 5.75 Å². The van der Waals surface area contributed by atoms with Crippen LogP contribution in [0.1, 0.15) is 17.3 Å². The molecule has 5 nitrogen and oxygen atoms in total. The van der Waals surface area contributed by atoms with E-state index in [1.165, 1.54) is 14.0 Å². The standard InChI is InChI=1S/C12H15NO4/c1-9(14)13-6-7-17-11-5-3-4-10(8-11)12(15)16-2/h3-5,8H,6-7H2,1-2H3,(H,13,14). The number of benzene rings is 1. The van der Waals surface area contributed by atoms with Crippen LogP contribution in [0, 0.1) is 0 Å². The molecule has 0 aliphatic rings. The van der Waals surface area contributed by atoms with Crippen LogP contribution in [0.2, 0.25) is 0 Å². The molecule has 0 aliphatic heterocycles. The molecule has 0 unspecified atom stereocenters. The molecule has 0 spiro atoms. The van der Waals surface area contributed by atoms with Gasteiger partial charge in [0, 0.05) is 6.92 Å². The van der Waals surface area contributed by atoms with Gasteiger partial charge in [0.1, 0.15) is 12.4 Å². The molecule has 0 fully saturated rings. The SMILES string of the molecule is COC(=O)c1cccc(OCCNC(C)=O)c1. The number of nitrogens with one attached hydrogen (secondary N) is 1. The van der Waals surface area contributed by atoms with E-state index in [9.17, 15) is 9.59 Å². The Labute approximate surface area is 99.7 Å². The lowest BCUT2D eigenvalue weighted by molar-refractivity contribution is -0.119. The molecule has 0 bridgehead atoms. The molecule has 0 aromatic heterocycles. The summed E-state index contributed by atoms with van der Waals surface area (Å²) in [6, 6.07) is 6.69. The lowest BCUT2D eigenvalue weighted by Gasteiger charge is -2.07. The molecule has 0 heterocycles. The zero-order chi connectivity index (χ0) is 12.7. The molecule has 5 heteroatoms. The molecule has 92 valence electrons. The lowest BCUT2D eigenvalue weighted by Crippen LogP contribution is -2.25. The van der Waals surface area contributed by atoms with Gasteiger partial charge in [0.25, 0.3) is 0 Å². The van der Waals surface area contributed by atoms with Gasteiger partial charge in [0.2, 0.25) is 5.91 Å². The van der Waals surface area contributed by atoms with Crippen LogP contribution < -0.4 is 10.1 Å². The molecule has 1 amide bonds. The first-order valence-corrected chi connectivity index (χ1v) is 5.19. The Hall–Kier alpha value is -2.04. The van der Waals surface area contributed by atoms with Gasteiger partial charge >= 0.3 is 5.97 Å². The van der Waals surface area contributed by atoms with E-state index in [2.05, 4.69) is 10.1 Å². The van der Waals surface area contributed by atoms with Crippen LogP contribution >= 0.6 is 0 Å². The third kappa shape index (κ3) is 4.55. The van der Waals surface area contributed by atoms with Crippen molar-refractivity contribution in [2.75, 3.05) is 20.3 Å². The Morgan fingerprint density at radius 2 is 2.12 bits per heavy atom. The molecule has 1 aromatic rings. The molecule has 0 radical (unpaired) electrons. The van der Waals surface area contributed by atoms with E-state index in [-0.39, 0.29) is 5.91 Å². The van der Waals surface area contributed by atoms with Gasteiger partial charge in [0.15, 0.2) is 0 Å². The highest BCUT2D eigenvalue weighted by molar-refractivity contribution is 5.89. The van der Waals surface area contributed by atoms with Crippen molar-refractivity contribution in [2.24, 2.45) is 0 Å². The van der Waals surface area contributed by atoms with Crippen molar-refractivity contribution in [3.05, 3.63) is 29.8 Å². The summed E-state index contributed by atoms with van der Waals surface area (Å²) in [5, 5.41) is 2.61. The average molecular weight is 237 g/mol. The maximum Gasteiger partial charge on any atom is 0.337 e. The Balaban J connectivity index is 2.48. The highest BCUT2D eigenvalue weighted by atomic mass is 16.5. The monoisotopic (exact) mass is 237 g/mol. The number of carbonyl (C=O) groups excluding carboxylic acids is 2. The van der Waals surface area contributed by atoms with Gasteiger partial charge in [-0.05, 0) is 18.2 Å². The highest BCUT2D eigenvalue weighted by Crippen LogP contribution is 2.13. The van der Waals surface area contributed by atoms with Crippen LogP contribution in [-0.2, 0) is 9.53 Å². The number of methoxy groups -OCH3 is 1. The van der Waals surface area contributed by atoms with Crippen LogP contribution in [0.25, 0.3) is 0 Å². The van der Waals surface area contributed by atoms with Crippen LogP contribution in [0.3, 0.4) is 0 Å². The molecular formula is C12H15NO4. The van der Waals surface area contributed by atoms with Crippen molar-refractivity contribution in [1.29, 1.82) is 0 Å². The summed E-state index contributed by atoms with van der Waals surface area (Å²) in [5.74, 6) is 0.0625. The number of rotatable bonds is 5. The Morgan fingerprint density at radius 1 is 1.35 bits per heavy atom. The molecule has 17 heavy (non-hydrogen) atoms. The number of ether oxygens (including phenoxy) is 2. The third-order valence-corrected chi connectivity index (χ3v) is 2.00. The van der Waals surface area contributed by atoms with Crippen molar-refractivity contribution in [2.45, 2.75) is 6.92 Å². The average Bonchev–Trinajstić information content (AvgIpc) is 2.34. The van der Waals surface area contributed by atoms with E-state index in [4.69, 9.17) is 4.74 Å². The number of hydrogen-bond acceptors (Lipinski definition) is 4. The van der Waals surface area contributed by atoms with Gasteiger partial charge in [-0.15, -0.1) is 0 Å². The number of amides is 1. The summed E-state index contributed by atoms with van der Waals surface area (Å²) in [7, 11) is 1.33. The van der Waals surface area contributed by atoms with Crippen molar-refractivity contribution in [3.8, 4) is 5.75 Å². The lowest BCUT2D eigenvalue weighted by atomic mass is 10.2. The van der Waals surface area contributed by atoms with E-state index >= 15 is 0 Å². The smallest absolute Gasteiger partial charge is 0.337 e. The number of esters is 1. The summed E-state index contributed by atoms with van der Waals surface area (Å²) < 4.78 is 9.97. The van der Waals surface area contributed by atoms with Crippen LogP contribution in [0.4, 0.5) is 0 Å². The summed E-state index contributed by atoms with van der Waals surface area (Å²) >= 11 is 0. The fourth-order valence-electron chi connectivity index (χ4n) is 1.23. The zero-order valence-electron chi connectivity index (χ0n) is 9.86. The molecule has 1 aromatic carbocycles. The first-order chi connectivity index (χ1) is 8.13.